The van der Waals surface area contributed by atoms with Crippen LogP contribution in [0.3, 0.4) is 0 Å². The highest BCUT2D eigenvalue weighted by Crippen LogP contribution is 2.48. The third kappa shape index (κ3) is 1.56. The second kappa shape index (κ2) is 3.50. The molecule has 5 nitrogen and oxygen atoms in total. The molecule has 0 N–H and O–H groups in total. The monoisotopic (exact) mass is 228 g/mol. The Balaban J connectivity index is 2.10. The molecule has 0 aromatic carbocycles. The Bertz CT molecular complexity index is 620. The summed E-state index contributed by atoms with van der Waals surface area (Å²) in [4.78, 5) is 18.6. The van der Waals surface area contributed by atoms with Crippen LogP contribution in [-0.2, 0) is 16.8 Å². The molecule has 2 heterocycles. The smallest absolute Gasteiger partial charge is 0.235 e. The number of nitrogens with zero attached hydrogens (tertiary/aromatic N) is 4. The predicted octanol–water partition coefficient (Wildman–Crippen LogP) is 1.62. The molecule has 0 radical (unpaired) electrons. The van der Waals surface area contributed by atoms with Crippen molar-refractivity contribution in [2.45, 2.75) is 31.7 Å². The summed E-state index contributed by atoms with van der Waals surface area (Å²) in [5.41, 5.74) is 2.41. The van der Waals surface area contributed by atoms with Crippen molar-refractivity contribution in [1.29, 1.82) is 0 Å². The predicted molar refractivity (Wildman–Crippen MR) is 61.4 cm³/mol. The Morgan fingerprint density at radius 1 is 1.59 bits per heavy atom. The number of fused-ring (bicyclic) bond motifs is 1. The van der Waals surface area contributed by atoms with E-state index in [1.165, 1.54) is 0 Å². The van der Waals surface area contributed by atoms with Gasteiger partial charge in [0, 0.05) is 24.0 Å². The fraction of sp³-hybridized carbons (Fsp3) is 0.417. The van der Waals surface area contributed by atoms with E-state index in [1.807, 2.05) is 12.3 Å². The lowest BCUT2D eigenvalue weighted by molar-refractivity contribution is 0.556. The molecule has 0 atom stereocenters. The molecule has 1 aliphatic rings. The van der Waals surface area contributed by atoms with Gasteiger partial charge in [-0.15, -0.1) is 0 Å². The average Bonchev–Trinajstić information content (AvgIpc) is 3.01. The summed E-state index contributed by atoms with van der Waals surface area (Å²) in [6.45, 7) is 2.06. The van der Waals surface area contributed by atoms with Gasteiger partial charge >= 0.3 is 0 Å². The van der Waals surface area contributed by atoms with Crippen LogP contribution >= 0.6 is 0 Å². The van der Waals surface area contributed by atoms with E-state index in [4.69, 9.17) is 0 Å². The molecule has 0 unspecified atom stereocenters. The minimum atomic E-state index is -0.374. The summed E-state index contributed by atoms with van der Waals surface area (Å²) in [7, 11) is 0. The summed E-state index contributed by atoms with van der Waals surface area (Å²) in [6.07, 6.45) is 8.00. The molecule has 0 spiro atoms. The van der Waals surface area contributed by atoms with Crippen LogP contribution in [0.15, 0.2) is 23.5 Å². The molecule has 5 heteroatoms. The van der Waals surface area contributed by atoms with Crippen molar-refractivity contribution in [3.05, 3.63) is 29.7 Å². The minimum Gasteiger partial charge on any atom is -0.237 e. The van der Waals surface area contributed by atoms with Crippen LogP contribution in [0.2, 0.25) is 0 Å². The number of aromatic nitrogens is 3. The molecule has 1 aliphatic carbocycles. The summed E-state index contributed by atoms with van der Waals surface area (Å²) < 4.78 is 1.76. The van der Waals surface area contributed by atoms with Crippen molar-refractivity contribution in [2.75, 3.05) is 0 Å². The molecule has 2 aromatic rings. The van der Waals surface area contributed by atoms with Crippen LogP contribution < -0.4 is 0 Å². The van der Waals surface area contributed by atoms with Crippen molar-refractivity contribution in [1.82, 2.24) is 14.6 Å². The number of aliphatic imine (C=N–C) groups is 1. The van der Waals surface area contributed by atoms with Gasteiger partial charge in [0.2, 0.25) is 6.08 Å². The first-order valence-corrected chi connectivity index (χ1v) is 5.71. The number of isocyanates is 1. The summed E-state index contributed by atoms with van der Waals surface area (Å²) in [5.74, 6) is 0. The molecule has 86 valence electrons. The van der Waals surface area contributed by atoms with E-state index in [2.05, 4.69) is 22.0 Å². The van der Waals surface area contributed by atoms with Crippen molar-refractivity contribution < 1.29 is 4.79 Å². The first-order chi connectivity index (χ1) is 8.27. The summed E-state index contributed by atoms with van der Waals surface area (Å²) in [5, 5.41) is 4.41. The zero-order chi connectivity index (χ0) is 11.9. The van der Waals surface area contributed by atoms with Gasteiger partial charge < -0.3 is 0 Å². The molecule has 0 saturated heterocycles. The quantitative estimate of drug-likeness (QED) is 0.592. The van der Waals surface area contributed by atoms with E-state index in [9.17, 15) is 4.79 Å². The highest BCUT2D eigenvalue weighted by molar-refractivity contribution is 5.44. The number of hydrogen-bond donors (Lipinski definition) is 0. The first kappa shape index (κ1) is 10.2. The Kier molecular flexibility index (Phi) is 2.09. The number of carbonyl (C=O) groups excluding carboxylic acids is 1. The Morgan fingerprint density at radius 3 is 3.06 bits per heavy atom. The van der Waals surface area contributed by atoms with Gasteiger partial charge in [0.25, 0.3) is 0 Å². The SMILES string of the molecule is CCc1cc2ncc(C3(N=C=O)CC3)cn2n1. The Hall–Kier alpha value is -2.00. The van der Waals surface area contributed by atoms with Crippen LogP contribution in [0.5, 0.6) is 0 Å². The van der Waals surface area contributed by atoms with E-state index in [0.29, 0.717) is 0 Å². The van der Waals surface area contributed by atoms with Crippen LogP contribution in [-0.4, -0.2) is 20.7 Å². The third-order valence-corrected chi connectivity index (χ3v) is 3.25. The molecule has 0 bridgehead atoms. The van der Waals surface area contributed by atoms with Gasteiger partial charge in [-0.1, -0.05) is 6.92 Å². The lowest BCUT2D eigenvalue weighted by Crippen LogP contribution is -2.05. The van der Waals surface area contributed by atoms with Gasteiger partial charge in [-0.05, 0) is 19.3 Å². The van der Waals surface area contributed by atoms with Gasteiger partial charge in [0.15, 0.2) is 5.65 Å². The van der Waals surface area contributed by atoms with Crippen molar-refractivity contribution >= 4 is 11.7 Å². The Morgan fingerprint density at radius 2 is 2.41 bits per heavy atom. The lowest BCUT2D eigenvalue weighted by atomic mass is 10.1. The normalized spacial score (nSPS) is 16.8. The van der Waals surface area contributed by atoms with E-state index >= 15 is 0 Å². The van der Waals surface area contributed by atoms with Crippen molar-refractivity contribution in [3.8, 4) is 0 Å². The highest BCUT2D eigenvalue weighted by atomic mass is 16.1. The van der Waals surface area contributed by atoms with Crippen LogP contribution in [0.25, 0.3) is 5.65 Å². The molecular formula is C12H12N4O. The van der Waals surface area contributed by atoms with E-state index in [1.54, 1.807) is 16.8 Å². The van der Waals surface area contributed by atoms with Gasteiger partial charge in [-0.2, -0.15) is 10.1 Å². The van der Waals surface area contributed by atoms with Crippen molar-refractivity contribution in [3.63, 3.8) is 0 Å². The van der Waals surface area contributed by atoms with Crippen molar-refractivity contribution in [2.24, 2.45) is 4.99 Å². The second-order valence-corrected chi connectivity index (χ2v) is 4.37. The third-order valence-electron chi connectivity index (χ3n) is 3.25. The molecule has 1 fully saturated rings. The largest absolute Gasteiger partial charge is 0.237 e. The zero-order valence-corrected chi connectivity index (χ0v) is 9.55. The summed E-state index contributed by atoms with van der Waals surface area (Å²) in [6, 6.07) is 1.96. The molecule has 2 aromatic heterocycles. The zero-order valence-electron chi connectivity index (χ0n) is 9.55. The van der Waals surface area contributed by atoms with Crippen LogP contribution in [0, 0.1) is 0 Å². The lowest BCUT2D eigenvalue weighted by Gasteiger charge is -2.06. The molecule has 0 amide bonds. The fourth-order valence-corrected chi connectivity index (χ4v) is 2.01. The van der Waals surface area contributed by atoms with Crippen LogP contribution in [0.1, 0.15) is 31.0 Å². The average molecular weight is 228 g/mol. The number of hydrogen-bond acceptors (Lipinski definition) is 4. The molecule has 17 heavy (non-hydrogen) atoms. The van der Waals surface area contributed by atoms with E-state index < -0.39 is 0 Å². The Labute approximate surface area is 98.2 Å². The first-order valence-electron chi connectivity index (χ1n) is 5.71. The fourth-order valence-electron chi connectivity index (χ4n) is 2.01. The molecule has 3 rings (SSSR count). The minimum absolute atomic E-state index is 0.374. The topological polar surface area (TPSA) is 59.6 Å². The standard InChI is InChI=1S/C12H12N4O/c1-2-10-5-11-13-6-9(7-16(11)15-10)12(3-4-12)14-8-17/h5-7H,2-4H2,1H3. The maximum absolute atomic E-state index is 10.4. The van der Waals surface area contributed by atoms with E-state index in [0.717, 1.165) is 36.2 Å². The van der Waals surface area contributed by atoms with Gasteiger partial charge in [-0.25, -0.2) is 14.3 Å². The highest BCUT2D eigenvalue weighted by Gasteiger charge is 2.45. The van der Waals surface area contributed by atoms with Gasteiger partial charge in [0.05, 0.1) is 5.69 Å². The molecule has 0 aliphatic heterocycles. The van der Waals surface area contributed by atoms with Crippen LogP contribution in [0.4, 0.5) is 0 Å². The number of rotatable bonds is 3. The molecular weight excluding hydrogens is 216 g/mol. The maximum atomic E-state index is 10.4. The summed E-state index contributed by atoms with van der Waals surface area (Å²) >= 11 is 0. The van der Waals surface area contributed by atoms with Gasteiger partial charge in [0.1, 0.15) is 5.54 Å². The van der Waals surface area contributed by atoms with Gasteiger partial charge in [-0.3, -0.25) is 0 Å². The number of aryl methyl sites for hydroxylation is 1. The maximum Gasteiger partial charge on any atom is 0.235 e. The van der Waals surface area contributed by atoms with E-state index in [-0.39, 0.29) is 5.54 Å². The second-order valence-electron chi connectivity index (χ2n) is 4.37. The molecule has 1 saturated carbocycles.